The molecule has 1 aliphatic heterocycles. The summed E-state index contributed by atoms with van der Waals surface area (Å²) >= 11 is 0. The number of amides is 1. The van der Waals surface area contributed by atoms with E-state index in [4.69, 9.17) is 10.7 Å². The Morgan fingerprint density at radius 3 is 2.41 bits per heavy atom. The number of aromatic nitrogens is 2. The third-order valence-electron chi connectivity index (χ3n) is 5.19. The zero-order valence-corrected chi connectivity index (χ0v) is 17.9. The van der Waals surface area contributed by atoms with Gasteiger partial charge in [0.2, 0.25) is 5.91 Å². The van der Waals surface area contributed by atoms with Crippen molar-refractivity contribution in [3.05, 3.63) is 72.2 Å². The molecule has 1 unspecified atom stereocenters. The SMILES string of the molecule is CC(N)(C(=O)Nc1ccc(-c2cn3c(n2)CCCC3)cc1)c1ccccc1.Cl.Cl. The minimum Gasteiger partial charge on any atom is -0.334 e. The summed E-state index contributed by atoms with van der Waals surface area (Å²) in [7, 11) is 0. The van der Waals surface area contributed by atoms with Gasteiger partial charge in [-0.05, 0) is 37.5 Å². The Balaban J connectivity index is 0.00000150. The highest BCUT2D eigenvalue weighted by Gasteiger charge is 2.30. The van der Waals surface area contributed by atoms with E-state index in [0.717, 1.165) is 41.3 Å². The number of nitrogens with zero attached hydrogens (tertiary/aromatic N) is 2. The molecule has 0 saturated heterocycles. The van der Waals surface area contributed by atoms with Crippen LogP contribution in [0.3, 0.4) is 0 Å². The quantitative estimate of drug-likeness (QED) is 0.635. The molecule has 1 aromatic heterocycles. The van der Waals surface area contributed by atoms with Crippen molar-refractivity contribution in [2.45, 2.75) is 38.3 Å². The maximum atomic E-state index is 12.7. The Hall–Kier alpha value is -2.34. The van der Waals surface area contributed by atoms with Crippen molar-refractivity contribution in [1.29, 1.82) is 0 Å². The molecule has 3 N–H and O–H groups in total. The second-order valence-corrected chi connectivity index (χ2v) is 7.29. The largest absolute Gasteiger partial charge is 0.334 e. The number of anilines is 1. The highest BCUT2D eigenvalue weighted by Crippen LogP contribution is 2.25. The highest BCUT2D eigenvalue weighted by molar-refractivity contribution is 5.98. The van der Waals surface area contributed by atoms with Crippen molar-refractivity contribution >= 4 is 36.4 Å². The van der Waals surface area contributed by atoms with Gasteiger partial charge in [-0.3, -0.25) is 4.79 Å². The Kier molecular flexibility index (Phi) is 7.47. The van der Waals surface area contributed by atoms with E-state index in [1.807, 2.05) is 54.6 Å². The van der Waals surface area contributed by atoms with E-state index in [2.05, 4.69) is 16.1 Å². The molecule has 29 heavy (non-hydrogen) atoms. The lowest BCUT2D eigenvalue weighted by atomic mass is 9.92. The van der Waals surface area contributed by atoms with Gasteiger partial charge in [-0.25, -0.2) is 4.98 Å². The van der Waals surface area contributed by atoms with Gasteiger partial charge < -0.3 is 15.6 Å². The van der Waals surface area contributed by atoms with E-state index in [1.165, 1.54) is 12.8 Å². The maximum Gasteiger partial charge on any atom is 0.248 e. The van der Waals surface area contributed by atoms with Gasteiger partial charge in [-0.1, -0.05) is 42.5 Å². The van der Waals surface area contributed by atoms with Crippen LogP contribution in [0.1, 0.15) is 31.2 Å². The number of aryl methyl sites for hydroxylation is 2. The summed E-state index contributed by atoms with van der Waals surface area (Å²) in [5, 5.41) is 2.92. The molecule has 4 rings (SSSR count). The van der Waals surface area contributed by atoms with Crippen molar-refractivity contribution in [3.63, 3.8) is 0 Å². The van der Waals surface area contributed by atoms with Crippen molar-refractivity contribution < 1.29 is 4.79 Å². The van der Waals surface area contributed by atoms with Crippen LogP contribution in [0.2, 0.25) is 0 Å². The normalized spacial score (nSPS) is 14.6. The van der Waals surface area contributed by atoms with Crippen LogP contribution < -0.4 is 11.1 Å². The number of carbonyl (C=O) groups is 1. The first-order valence-corrected chi connectivity index (χ1v) is 9.36. The summed E-state index contributed by atoms with van der Waals surface area (Å²) < 4.78 is 2.24. The monoisotopic (exact) mass is 432 g/mol. The van der Waals surface area contributed by atoms with Crippen LogP contribution in [0.25, 0.3) is 11.3 Å². The van der Waals surface area contributed by atoms with Crippen molar-refractivity contribution in [1.82, 2.24) is 9.55 Å². The Bertz CT molecular complexity index is 929. The van der Waals surface area contributed by atoms with Gasteiger partial charge >= 0.3 is 0 Å². The molecule has 3 aromatic rings. The lowest BCUT2D eigenvalue weighted by Crippen LogP contribution is -2.45. The molecule has 0 bridgehead atoms. The Morgan fingerprint density at radius 1 is 1.07 bits per heavy atom. The molecular weight excluding hydrogens is 407 g/mol. The fraction of sp³-hybridized carbons (Fsp3) is 0.273. The second kappa shape index (κ2) is 9.44. The van der Waals surface area contributed by atoms with Gasteiger partial charge in [0, 0.05) is 30.4 Å². The summed E-state index contributed by atoms with van der Waals surface area (Å²) in [4.78, 5) is 17.4. The number of fused-ring (bicyclic) bond motifs is 1. The first-order valence-electron chi connectivity index (χ1n) is 9.36. The summed E-state index contributed by atoms with van der Waals surface area (Å²) in [6, 6.07) is 17.2. The molecule has 0 radical (unpaired) electrons. The molecule has 0 fully saturated rings. The lowest BCUT2D eigenvalue weighted by molar-refractivity contribution is -0.120. The predicted molar refractivity (Wildman–Crippen MR) is 122 cm³/mol. The second-order valence-electron chi connectivity index (χ2n) is 7.29. The van der Waals surface area contributed by atoms with Crippen LogP contribution in [-0.4, -0.2) is 15.5 Å². The number of hydrogen-bond donors (Lipinski definition) is 2. The van der Waals surface area contributed by atoms with Crippen molar-refractivity contribution in [3.8, 4) is 11.3 Å². The number of carbonyl (C=O) groups excluding carboxylic acids is 1. The van der Waals surface area contributed by atoms with Crippen LogP contribution in [0.5, 0.6) is 0 Å². The van der Waals surface area contributed by atoms with Crippen LogP contribution in [0, 0.1) is 0 Å². The highest BCUT2D eigenvalue weighted by atomic mass is 35.5. The zero-order chi connectivity index (χ0) is 18.9. The number of hydrogen-bond acceptors (Lipinski definition) is 3. The minimum atomic E-state index is -1.09. The number of nitrogens with one attached hydrogen (secondary N) is 1. The van der Waals surface area contributed by atoms with E-state index in [-0.39, 0.29) is 30.7 Å². The molecule has 0 aliphatic carbocycles. The van der Waals surface area contributed by atoms with Crippen LogP contribution in [0.4, 0.5) is 5.69 Å². The number of halogens is 2. The van der Waals surface area contributed by atoms with E-state index in [0.29, 0.717) is 0 Å². The van der Waals surface area contributed by atoms with Crippen LogP contribution >= 0.6 is 24.8 Å². The maximum absolute atomic E-state index is 12.7. The molecule has 7 heteroatoms. The first-order chi connectivity index (χ1) is 13.0. The molecular formula is C22H26Cl2N4O. The lowest BCUT2D eigenvalue weighted by Gasteiger charge is -2.24. The molecule has 0 saturated carbocycles. The van der Waals surface area contributed by atoms with Crippen LogP contribution in [0.15, 0.2) is 60.8 Å². The summed E-state index contributed by atoms with van der Waals surface area (Å²) in [6.07, 6.45) is 5.59. The van der Waals surface area contributed by atoms with Gasteiger partial charge in [0.25, 0.3) is 0 Å². The molecule has 5 nitrogen and oxygen atoms in total. The standard InChI is InChI=1S/C22H24N4O.2ClH/c1-22(23,17-7-3-2-4-8-17)21(27)24-18-12-10-16(11-13-18)19-15-26-14-6-5-9-20(26)25-19;;/h2-4,7-8,10-13,15H,5-6,9,14,23H2,1H3,(H,24,27);2*1H. The molecule has 1 amide bonds. The van der Waals surface area contributed by atoms with Gasteiger partial charge in [0.15, 0.2) is 0 Å². The Labute approximate surface area is 183 Å². The number of benzene rings is 2. The zero-order valence-electron chi connectivity index (χ0n) is 16.3. The van der Waals surface area contributed by atoms with E-state index < -0.39 is 5.54 Å². The molecule has 1 aliphatic rings. The van der Waals surface area contributed by atoms with E-state index in [1.54, 1.807) is 6.92 Å². The fourth-order valence-corrected chi connectivity index (χ4v) is 3.45. The van der Waals surface area contributed by atoms with Crippen molar-refractivity contribution in [2.24, 2.45) is 5.73 Å². The van der Waals surface area contributed by atoms with E-state index >= 15 is 0 Å². The smallest absolute Gasteiger partial charge is 0.248 e. The fourth-order valence-electron chi connectivity index (χ4n) is 3.45. The average Bonchev–Trinajstić information content (AvgIpc) is 3.13. The van der Waals surface area contributed by atoms with Gasteiger partial charge in [-0.2, -0.15) is 0 Å². The predicted octanol–water partition coefficient (Wildman–Crippen LogP) is 4.54. The topological polar surface area (TPSA) is 72.9 Å². The molecule has 2 aromatic carbocycles. The molecule has 154 valence electrons. The third kappa shape index (κ3) is 4.81. The average molecular weight is 433 g/mol. The summed E-state index contributed by atoms with van der Waals surface area (Å²) in [5.41, 5.74) is 8.72. The molecule has 1 atom stereocenters. The molecule has 2 heterocycles. The Morgan fingerprint density at radius 2 is 1.76 bits per heavy atom. The van der Waals surface area contributed by atoms with Gasteiger partial charge in [0.1, 0.15) is 11.4 Å². The minimum absolute atomic E-state index is 0. The summed E-state index contributed by atoms with van der Waals surface area (Å²) in [6.45, 7) is 2.77. The third-order valence-corrected chi connectivity index (χ3v) is 5.19. The van der Waals surface area contributed by atoms with Crippen LogP contribution in [-0.2, 0) is 23.3 Å². The first kappa shape index (κ1) is 22.9. The van der Waals surface area contributed by atoms with Crippen molar-refractivity contribution in [2.75, 3.05) is 5.32 Å². The number of imidazole rings is 1. The number of nitrogens with two attached hydrogens (primary N) is 1. The summed E-state index contributed by atoms with van der Waals surface area (Å²) in [5.74, 6) is 0.925. The number of rotatable bonds is 4. The van der Waals surface area contributed by atoms with Gasteiger partial charge in [0.05, 0.1) is 5.69 Å². The van der Waals surface area contributed by atoms with E-state index in [9.17, 15) is 4.79 Å². The van der Waals surface area contributed by atoms with Gasteiger partial charge in [-0.15, -0.1) is 24.8 Å². The molecule has 0 spiro atoms.